The van der Waals surface area contributed by atoms with Crippen molar-refractivity contribution >= 4 is 21.5 Å². The Morgan fingerprint density at radius 3 is 2.55 bits per heavy atom. The van der Waals surface area contributed by atoms with Gasteiger partial charge in [-0.25, -0.2) is 13.4 Å². The molecule has 6 heteroatoms. The molecule has 1 amide bonds. The number of amides is 1. The Balaban J connectivity index is 1.88. The Morgan fingerprint density at radius 2 is 1.90 bits per heavy atom. The number of benzene rings is 1. The molecule has 0 aromatic heterocycles. The van der Waals surface area contributed by atoms with Gasteiger partial charge >= 0.3 is 0 Å². The molecule has 2 aliphatic rings. The van der Waals surface area contributed by atoms with Crippen LogP contribution in [0.2, 0.25) is 0 Å². The highest BCUT2D eigenvalue weighted by Crippen LogP contribution is 2.23. The molecule has 106 valence electrons. The molecule has 3 rings (SSSR count). The Labute approximate surface area is 118 Å². The van der Waals surface area contributed by atoms with Gasteiger partial charge < -0.3 is 0 Å². The summed E-state index contributed by atoms with van der Waals surface area (Å²) in [7, 11) is -3.01. The predicted octanol–water partition coefficient (Wildman–Crippen LogP) is 1.20. The maximum atomic E-state index is 12.0. The molecule has 0 saturated carbocycles. The molecule has 1 fully saturated rings. The van der Waals surface area contributed by atoms with E-state index in [2.05, 4.69) is 5.10 Å². The first-order valence-electron chi connectivity index (χ1n) is 6.70. The Hall–Kier alpha value is -1.69. The molecule has 1 aromatic rings. The molecule has 5 nitrogen and oxygen atoms in total. The van der Waals surface area contributed by atoms with E-state index in [4.69, 9.17) is 0 Å². The van der Waals surface area contributed by atoms with Crippen LogP contribution in [0.5, 0.6) is 0 Å². The van der Waals surface area contributed by atoms with Crippen molar-refractivity contribution in [1.29, 1.82) is 0 Å². The van der Waals surface area contributed by atoms with Gasteiger partial charge in [0.1, 0.15) is 0 Å². The van der Waals surface area contributed by atoms with Crippen molar-refractivity contribution in [3.8, 4) is 0 Å². The van der Waals surface area contributed by atoms with E-state index in [0.717, 1.165) is 11.3 Å². The minimum atomic E-state index is -3.01. The number of rotatable bonds is 2. The van der Waals surface area contributed by atoms with E-state index in [-0.39, 0.29) is 23.5 Å². The summed E-state index contributed by atoms with van der Waals surface area (Å²) in [5.74, 6) is 0.105. The van der Waals surface area contributed by atoms with Gasteiger partial charge in [-0.3, -0.25) is 4.79 Å². The van der Waals surface area contributed by atoms with E-state index >= 15 is 0 Å². The molecule has 1 atom stereocenters. The first-order chi connectivity index (χ1) is 9.55. The van der Waals surface area contributed by atoms with Gasteiger partial charge in [0, 0.05) is 12.8 Å². The van der Waals surface area contributed by atoms with Crippen molar-refractivity contribution in [3.05, 3.63) is 35.9 Å². The molecule has 1 aromatic carbocycles. The van der Waals surface area contributed by atoms with Gasteiger partial charge in [0.15, 0.2) is 9.84 Å². The molecule has 0 radical (unpaired) electrons. The molecule has 0 spiro atoms. The lowest BCUT2D eigenvalue weighted by Crippen LogP contribution is -2.40. The third-order valence-electron chi connectivity index (χ3n) is 3.72. The third kappa shape index (κ3) is 2.60. The predicted molar refractivity (Wildman–Crippen MR) is 76.1 cm³/mol. The van der Waals surface area contributed by atoms with Crippen LogP contribution in [-0.4, -0.2) is 42.6 Å². The van der Waals surface area contributed by atoms with Crippen LogP contribution in [0.1, 0.15) is 24.8 Å². The molecular weight excluding hydrogens is 276 g/mol. The lowest BCUT2D eigenvalue weighted by atomic mass is 10.0. The summed E-state index contributed by atoms with van der Waals surface area (Å²) in [4.78, 5) is 12.0. The summed E-state index contributed by atoms with van der Waals surface area (Å²) in [5.41, 5.74) is 1.85. The van der Waals surface area contributed by atoms with Gasteiger partial charge in [-0.05, 0) is 12.0 Å². The van der Waals surface area contributed by atoms with Gasteiger partial charge in [-0.15, -0.1) is 0 Å². The van der Waals surface area contributed by atoms with E-state index in [1.807, 2.05) is 30.3 Å². The molecule has 2 heterocycles. The first-order valence-corrected chi connectivity index (χ1v) is 8.53. The van der Waals surface area contributed by atoms with Gasteiger partial charge in [-0.2, -0.15) is 5.10 Å². The monoisotopic (exact) mass is 292 g/mol. The van der Waals surface area contributed by atoms with Crippen LogP contribution in [0.25, 0.3) is 0 Å². The van der Waals surface area contributed by atoms with Crippen molar-refractivity contribution in [2.24, 2.45) is 5.10 Å². The second kappa shape index (κ2) is 5.01. The van der Waals surface area contributed by atoms with Crippen LogP contribution in [0.15, 0.2) is 35.4 Å². The average Bonchev–Trinajstić information content (AvgIpc) is 2.80. The summed E-state index contributed by atoms with van der Waals surface area (Å²) >= 11 is 0. The Bertz CT molecular complexity index is 652. The minimum absolute atomic E-state index is 0.0321. The fraction of sp³-hybridized carbons (Fsp3) is 0.429. The van der Waals surface area contributed by atoms with E-state index in [1.54, 1.807) is 0 Å². The molecule has 20 heavy (non-hydrogen) atoms. The normalized spacial score (nSPS) is 25.6. The van der Waals surface area contributed by atoms with Crippen molar-refractivity contribution in [1.82, 2.24) is 5.01 Å². The number of nitrogens with zero attached hydrogens (tertiary/aromatic N) is 2. The van der Waals surface area contributed by atoms with Crippen LogP contribution in [0, 0.1) is 0 Å². The second-order valence-corrected chi connectivity index (χ2v) is 7.44. The molecule has 0 aliphatic carbocycles. The first kappa shape index (κ1) is 13.3. The number of carbonyl (C=O) groups is 1. The maximum absolute atomic E-state index is 12.0. The summed E-state index contributed by atoms with van der Waals surface area (Å²) in [6.07, 6.45) is 1.49. The summed E-state index contributed by atoms with van der Waals surface area (Å²) in [5, 5.41) is 5.82. The standard InChI is InChI=1S/C14H16N2O3S/c17-14-7-6-13(11-4-2-1-3-5-11)15-16(14)12-8-9-20(18,19)10-12/h1-5,12H,6-10H2. The van der Waals surface area contributed by atoms with E-state index in [0.29, 0.717) is 19.3 Å². The van der Waals surface area contributed by atoms with Crippen LogP contribution in [0.3, 0.4) is 0 Å². The van der Waals surface area contributed by atoms with Gasteiger partial charge in [0.25, 0.3) is 0 Å². The van der Waals surface area contributed by atoms with E-state index < -0.39 is 9.84 Å². The highest BCUT2D eigenvalue weighted by atomic mass is 32.2. The largest absolute Gasteiger partial charge is 0.273 e. The number of sulfone groups is 1. The minimum Gasteiger partial charge on any atom is -0.273 e. The van der Waals surface area contributed by atoms with Crippen molar-refractivity contribution in [3.63, 3.8) is 0 Å². The van der Waals surface area contributed by atoms with Crippen molar-refractivity contribution in [2.45, 2.75) is 25.3 Å². The van der Waals surface area contributed by atoms with Crippen molar-refractivity contribution < 1.29 is 13.2 Å². The highest BCUT2D eigenvalue weighted by Gasteiger charge is 2.36. The molecule has 2 aliphatic heterocycles. The van der Waals surface area contributed by atoms with Crippen LogP contribution in [-0.2, 0) is 14.6 Å². The lowest BCUT2D eigenvalue weighted by molar-refractivity contribution is -0.133. The summed E-state index contributed by atoms with van der Waals surface area (Å²) in [6, 6.07) is 9.40. The van der Waals surface area contributed by atoms with Crippen molar-refractivity contribution in [2.75, 3.05) is 11.5 Å². The number of hydrogen-bond donors (Lipinski definition) is 0. The average molecular weight is 292 g/mol. The molecule has 0 N–H and O–H groups in total. The molecule has 1 saturated heterocycles. The van der Waals surface area contributed by atoms with E-state index in [1.165, 1.54) is 5.01 Å². The summed E-state index contributed by atoms with van der Waals surface area (Å²) < 4.78 is 23.1. The van der Waals surface area contributed by atoms with Crippen LogP contribution < -0.4 is 0 Å². The number of carbonyl (C=O) groups excluding carboxylic acids is 1. The SMILES string of the molecule is O=C1CCC(c2ccccc2)=NN1C1CCS(=O)(=O)C1. The molecule has 1 unspecified atom stereocenters. The zero-order valence-electron chi connectivity index (χ0n) is 11.0. The van der Waals surface area contributed by atoms with Crippen LogP contribution in [0.4, 0.5) is 0 Å². The smallest absolute Gasteiger partial charge is 0.243 e. The summed E-state index contributed by atoms with van der Waals surface area (Å²) in [6.45, 7) is 0. The van der Waals surface area contributed by atoms with Gasteiger partial charge in [0.05, 0.1) is 23.3 Å². The fourth-order valence-corrected chi connectivity index (χ4v) is 4.35. The quantitative estimate of drug-likeness (QED) is 0.822. The topological polar surface area (TPSA) is 66.8 Å². The lowest BCUT2D eigenvalue weighted by Gasteiger charge is -2.28. The Morgan fingerprint density at radius 1 is 1.15 bits per heavy atom. The number of hydrogen-bond acceptors (Lipinski definition) is 4. The highest BCUT2D eigenvalue weighted by molar-refractivity contribution is 7.91. The van der Waals surface area contributed by atoms with E-state index in [9.17, 15) is 13.2 Å². The van der Waals surface area contributed by atoms with Gasteiger partial charge in [-0.1, -0.05) is 30.3 Å². The second-order valence-electron chi connectivity index (χ2n) is 5.21. The Kier molecular flexibility index (Phi) is 3.33. The third-order valence-corrected chi connectivity index (χ3v) is 5.47. The molecular formula is C14H16N2O3S. The van der Waals surface area contributed by atoms with Gasteiger partial charge in [0.2, 0.25) is 5.91 Å². The van der Waals surface area contributed by atoms with Crippen LogP contribution >= 0.6 is 0 Å². The zero-order chi connectivity index (χ0) is 14.2. The fourth-order valence-electron chi connectivity index (χ4n) is 2.66. The maximum Gasteiger partial charge on any atom is 0.243 e. The molecule has 0 bridgehead atoms. The number of hydrazone groups is 1. The zero-order valence-corrected chi connectivity index (χ0v) is 11.8.